The van der Waals surface area contributed by atoms with Crippen LogP contribution in [0.25, 0.3) is 0 Å². The second-order valence-electron chi connectivity index (χ2n) is 4.00. The van der Waals surface area contributed by atoms with Crippen LogP contribution in [0.4, 0.5) is 10.6 Å². The molecular formula is C11H15BrN4O. The van der Waals surface area contributed by atoms with E-state index in [0.717, 1.165) is 36.3 Å². The van der Waals surface area contributed by atoms with Crippen molar-refractivity contribution in [1.82, 2.24) is 9.88 Å². The number of pyridine rings is 1. The number of hydrogen-bond donors (Lipinski definition) is 1. The molecule has 0 bridgehead atoms. The molecule has 92 valence electrons. The normalized spacial score (nSPS) is 16.8. The van der Waals surface area contributed by atoms with Gasteiger partial charge in [-0.05, 0) is 18.6 Å². The smallest absolute Gasteiger partial charge is 0.314 e. The summed E-state index contributed by atoms with van der Waals surface area (Å²) in [5.74, 6) is 0.936. The van der Waals surface area contributed by atoms with Gasteiger partial charge in [-0.1, -0.05) is 15.9 Å². The first kappa shape index (κ1) is 12.2. The van der Waals surface area contributed by atoms with Crippen molar-refractivity contribution < 1.29 is 4.79 Å². The SMILES string of the molecule is NC(=O)N1CCCN(c2cc(Br)ccn2)CC1. The molecule has 1 fully saturated rings. The van der Waals surface area contributed by atoms with E-state index in [1.807, 2.05) is 12.1 Å². The standard InChI is InChI=1S/C11H15BrN4O/c12-9-2-3-14-10(8-9)15-4-1-5-16(7-6-15)11(13)17/h2-3,8H,1,4-7H2,(H2,13,17). The van der Waals surface area contributed by atoms with Gasteiger partial charge in [-0.15, -0.1) is 0 Å². The van der Waals surface area contributed by atoms with Gasteiger partial charge in [0.2, 0.25) is 0 Å². The highest BCUT2D eigenvalue weighted by Gasteiger charge is 2.17. The van der Waals surface area contributed by atoms with E-state index in [4.69, 9.17) is 5.73 Å². The van der Waals surface area contributed by atoms with Crippen LogP contribution in [0.3, 0.4) is 0 Å². The van der Waals surface area contributed by atoms with E-state index >= 15 is 0 Å². The number of nitrogens with two attached hydrogens (primary N) is 1. The maximum atomic E-state index is 11.1. The summed E-state index contributed by atoms with van der Waals surface area (Å²) in [6.07, 6.45) is 2.69. The molecule has 1 aromatic rings. The molecule has 2 N–H and O–H groups in total. The van der Waals surface area contributed by atoms with Gasteiger partial charge in [-0.25, -0.2) is 9.78 Å². The summed E-state index contributed by atoms with van der Waals surface area (Å²) in [6, 6.07) is 3.55. The van der Waals surface area contributed by atoms with E-state index in [-0.39, 0.29) is 6.03 Å². The van der Waals surface area contributed by atoms with Crippen molar-refractivity contribution in [2.24, 2.45) is 5.73 Å². The summed E-state index contributed by atoms with van der Waals surface area (Å²) in [7, 11) is 0. The minimum Gasteiger partial charge on any atom is -0.355 e. The molecule has 2 heterocycles. The Labute approximate surface area is 109 Å². The van der Waals surface area contributed by atoms with E-state index in [2.05, 4.69) is 25.8 Å². The van der Waals surface area contributed by atoms with Crippen LogP contribution in [0.1, 0.15) is 6.42 Å². The first-order chi connectivity index (χ1) is 8.16. The van der Waals surface area contributed by atoms with Crippen molar-refractivity contribution in [3.63, 3.8) is 0 Å². The Morgan fingerprint density at radius 1 is 1.35 bits per heavy atom. The first-order valence-electron chi connectivity index (χ1n) is 5.58. The van der Waals surface area contributed by atoms with Crippen LogP contribution in [0.15, 0.2) is 22.8 Å². The lowest BCUT2D eigenvalue weighted by molar-refractivity contribution is 0.211. The molecule has 0 aromatic carbocycles. The van der Waals surface area contributed by atoms with E-state index in [9.17, 15) is 4.79 Å². The van der Waals surface area contributed by atoms with Crippen molar-refractivity contribution in [1.29, 1.82) is 0 Å². The summed E-state index contributed by atoms with van der Waals surface area (Å²) in [5, 5.41) is 0. The van der Waals surface area contributed by atoms with Crippen LogP contribution in [-0.4, -0.2) is 42.1 Å². The van der Waals surface area contributed by atoms with E-state index < -0.39 is 0 Å². The molecule has 2 amide bonds. The molecule has 0 spiro atoms. The number of rotatable bonds is 1. The number of amides is 2. The van der Waals surface area contributed by atoms with Gasteiger partial charge in [-0.2, -0.15) is 0 Å². The maximum absolute atomic E-state index is 11.1. The monoisotopic (exact) mass is 298 g/mol. The Morgan fingerprint density at radius 3 is 2.88 bits per heavy atom. The number of hydrogen-bond acceptors (Lipinski definition) is 3. The molecular weight excluding hydrogens is 284 g/mol. The fraction of sp³-hybridized carbons (Fsp3) is 0.455. The predicted octanol–water partition coefficient (Wildman–Crippen LogP) is 1.43. The van der Waals surface area contributed by atoms with Crippen LogP contribution in [-0.2, 0) is 0 Å². The number of urea groups is 1. The van der Waals surface area contributed by atoms with E-state index in [1.54, 1.807) is 11.1 Å². The van der Waals surface area contributed by atoms with Gasteiger partial charge in [0.05, 0.1) is 0 Å². The second-order valence-corrected chi connectivity index (χ2v) is 4.91. The number of nitrogens with zero attached hydrogens (tertiary/aromatic N) is 3. The summed E-state index contributed by atoms with van der Waals surface area (Å²) in [4.78, 5) is 19.3. The van der Waals surface area contributed by atoms with Gasteiger partial charge < -0.3 is 15.5 Å². The highest BCUT2D eigenvalue weighted by atomic mass is 79.9. The Kier molecular flexibility index (Phi) is 3.83. The van der Waals surface area contributed by atoms with Gasteiger partial charge in [-0.3, -0.25) is 0 Å². The molecule has 0 radical (unpaired) electrons. The molecule has 5 nitrogen and oxygen atoms in total. The lowest BCUT2D eigenvalue weighted by Gasteiger charge is -2.22. The Morgan fingerprint density at radius 2 is 2.18 bits per heavy atom. The van der Waals surface area contributed by atoms with Crippen LogP contribution >= 0.6 is 15.9 Å². The molecule has 17 heavy (non-hydrogen) atoms. The van der Waals surface area contributed by atoms with Gasteiger partial charge >= 0.3 is 6.03 Å². The molecule has 0 aliphatic carbocycles. The molecule has 1 aromatic heterocycles. The summed E-state index contributed by atoms with van der Waals surface area (Å²) in [6.45, 7) is 3.04. The number of carbonyl (C=O) groups excluding carboxylic acids is 1. The van der Waals surface area contributed by atoms with Crippen LogP contribution < -0.4 is 10.6 Å². The summed E-state index contributed by atoms with van der Waals surface area (Å²) in [5.41, 5.74) is 5.29. The van der Waals surface area contributed by atoms with Crippen molar-refractivity contribution in [3.05, 3.63) is 22.8 Å². The van der Waals surface area contributed by atoms with Gasteiger partial charge in [0, 0.05) is 36.8 Å². The zero-order chi connectivity index (χ0) is 12.3. The number of primary amides is 1. The first-order valence-corrected chi connectivity index (χ1v) is 6.37. The lowest BCUT2D eigenvalue weighted by atomic mass is 10.3. The van der Waals surface area contributed by atoms with Gasteiger partial charge in [0.15, 0.2) is 0 Å². The van der Waals surface area contributed by atoms with Crippen LogP contribution in [0.5, 0.6) is 0 Å². The molecule has 2 rings (SSSR count). The molecule has 6 heteroatoms. The third-order valence-electron chi connectivity index (χ3n) is 2.84. The minimum absolute atomic E-state index is 0.339. The van der Waals surface area contributed by atoms with Crippen molar-refractivity contribution in [2.75, 3.05) is 31.1 Å². The lowest BCUT2D eigenvalue weighted by Crippen LogP contribution is -2.38. The number of carbonyl (C=O) groups is 1. The molecule has 1 aliphatic rings. The quantitative estimate of drug-likeness (QED) is 0.853. The zero-order valence-corrected chi connectivity index (χ0v) is 11.1. The molecule has 0 saturated carbocycles. The predicted molar refractivity (Wildman–Crippen MR) is 69.9 cm³/mol. The third kappa shape index (κ3) is 3.09. The van der Waals surface area contributed by atoms with Gasteiger partial charge in [0.1, 0.15) is 5.82 Å². The minimum atomic E-state index is -0.339. The third-order valence-corrected chi connectivity index (χ3v) is 3.33. The van der Waals surface area contributed by atoms with Crippen LogP contribution in [0.2, 0.25) is 0 Å². The largest absolute Gasteiger partial charge is 0.355 e. The van der Waals surface area contributed by atoms with Crippen molar-refractivity contribution in [2.45, 2.75) is 6.42 Å². The highest BCUT2D eigenvalue weighted by Crippen LogP contribution is 2.18. The fourth-order valence-corrected chi connectivity index (χ4v) is 2.26. The average molecular weight is 299 g/mol. The number of aromatic nitrogens is 1. The van der Waals surface area contributed by atoms with Crippen LogP contribution in [0, 0.1) is 0 Å². The fourth-order valence-electron chi connectivity index (χ4n) is 1.93. The highest BCUT2D eigenvalue weighted by molar-refractivity contribution is 9.10. The molecule has 1 aliphatic heterocycles. The zero-order valence-electron chi connectivity index (χ0n) is 9.47. The average Bonchev–Trinajstić information content (AvgIpc) is 2.54. The number of anilines is 1. The maximum Gasteiger partial charge on any atom is 0.314 e. The van der Waals surface area contributed by atoms with Crippen molar-refractivity contribution >= 4 is 27.8 Å². The van der Waals surface area contributed by atoms with E-state index in [1.165, 1.54) is 0 Å². The topological polar surface area (TPSA) is 62.5 Å². The molecule has 1 saturated heterocycles. The van der Waals surface area contributed by atoms with E-state index in [0.29, 0.717) is 6.54 Å². The molecule has 0 unspecified atom stereocenters. The van der Waals surface area contributed by atoms with Gasteiger partial charge in [0.25, 0.3) is 0 Å². The Bertz CT molecular complexity index is 412. The Hall–Kier alpha value is -1.30. The number of halogens is 1. The summed E-state index contributed by atoms with van der Waals surface area (Å²) >= 11 is 3.43. The molecule has 0 atom stereocenters. The summed E-state index contributed by atoms with van der Waals surface area (Å²) < 4.78 is 1.01. The Balaban J connectivity index is 2.06. The second kappa shape index (κ2) is 5.35. The van der Waals surface area contributed by atoms with Crippen molar-refractivity contribution in [3.8, 4) is 0 Å².